The van der Waals surface area contributed by atoms with Crippen LogP contribution < -0.4 is 4.74 Å². The molecule has 0 saturated carbocycles. The lowest BCUT2D eigenvalue weighted by molar-refractivity contribution is 0.282. The van der Waals surface area contributed by atoms with Crippen LogP contribution in [0.3, 0.4) is 0 Å². The van der Waals surface area contributed by atoms with Crippen molar-refractivity contribution in [1.29, 1.82) is 0 Å². The Kier molecular flexibility index (Phi) is 13.8. The van der Waals surface area contributed by atoms with Gasteiger partial charge >= 0.3 is 0 Å². The molecule has 0 unspecified atom stereocenters. The van der Waals surface area contributed by atoms with E-state index in [0.717, 1.165) is 40.5 Å². The molecule has 5 nitrogen and oxygen atoms in total. The Balaban J connectivity index is 1.28. The Hall–Kier alpha value is -2.08. The van der Waals surface area contributed by atoms with Gasteiger partial charge in [-0.2, -0.15) is 5.10 Å². The summed E-state index contributed by atoms with van der Waals surface area (Å²) in [7, 11) is 1.93. The minimum Gasteiger partial charge on any atom is -0.476 e. The number of fused-ring (bicyclic) bond motifs is 1. The molecule has 0 spiro atoms. The van der Waals surface area contributed by atoms with E-state index >= 15 is 0 Å². The van der Waals surface area contributed by atoms with E-state index in [4.69, 9.17) is 4.74 Å². The van der Waals surface area contributed by atoms with Gasteiger partial charge in [0.1, 0.15) is 16.9 Å². The second-order valence-electron chi connectivity index (χ2n) is 9.83. The first kappa shape index (κ1) is 28.5. The second-order valence-corrected chi connectivity index (χ2v) is 10.9. The van der Waals surface area contributed by atoms with E-state index in [-0.39, 0.29) is 0 Å². The largest absolute Gasteiger partial charge is 0.476 e. The van der Waals surface area contributed by atoms with E-state index in [1.165, 1.54) is 89.0 Å². The normalized spacial score (nSPS) is 11.4. The molecule has 3 rings (SSSR count). The van der Waals surface area contributed by atoms with Gasteiger partial charge in [0.15, 0.2) is 5.52 Å². The lowest BCUT2D eigenvalue weighted by atomic mass is 10.0. The number of hydrogen-bond acceptors (Lipinski definition) is 5. The number of aryl methyl sites for hydroxylation is 2. The van der Waals surface area contributed by atoms with Crippen LogP contribution >= 0.6 is 11.8 Å². The maximum Gasteiger partial charge on any atom is 0.239 e. The third kappa shape index (κ3) is 10.1. The minimum absolute atomic E-state index is 0.715. The molecule has 0 N–H and O–H groups in total. The number of benzene rings is 1. The van der Waals surface area contributed by atoms with E-state index < -0.39 is 0 Å². The molecule has 0 radical (unpaired) electrons. The van der Waals surface area contributed by atoms with Crippen molar-refractivity contribution in [3.05, 3.63) is 42.2 Å². The van der Waals surface area contributed by atoms with Gasteiger partial charge in [0.25, 0.3) is 0 Å². The van der Waals surface area contributed by atoms with Crippen LogP contribution in [0.1, 0.15) is 102 Å². The van der Waals surface area contributed by atoms with Gasteiger partial charge in [-0.05, 0) is 18.4 Å². The molecule has 1 aromatic carbocycles. The third-order valence-electron chi connectivity index (χ3n) is 6.74. The van der Waals surface area contributed by atoms with Crippen LogP contribution in [0.2, 0.25) is 0 Å². The number of rotatable bonds is 20. The van der Waals surface area contributed by atoms with Crippen molar-refractivity contribution in [2.45, 2.75) is 108 Å². The summed E-state index contributed by atoms with van der Waals surface area (Å²) < 4.78 is 7.94. The number of thioether (sulfide) groups is 1. The fraction of sp³-hybridized carbons (Fsp3) is 0.633. The van der Waals surface area contributed by atoms with Crippen LogP contribution in [0.5, 0.6) is 5.88 Å². The molecular formula is C30H46N4OS. The van der Waals surface area contributed by atoms with E-state index in [1.54, 1.807) is 18.1 Å². The van der Waals surface area contributed by atoms with Crippen molar-refractivity contribution in [3.63, 3.8) is 0 Å². The maximum absolute atomic E-state index is 6.13. The van der Waals surface area contributed by atoms with Gasteiger partial charge in [-0.3, -0.25) is 0 Å². The number of aromatic nitrogens is 4. The molecule has 0 fully saturated rings. The summed E-state index contributed by atoms with van der Waals surface area (Å²) in [4.78, 5) is 8.97. The van der Waals surface area contributed by atoms with Crippen molar-refractivity contribution >= 4 is 22.8 Å². The minimum atomic E-state index is 0.715. The lowest BCUT2D eigenvalue weighted by Gasteiger charge is -2.06. The standard InChI is InChI=1S/C30H46N4OS/c1-3-4-5-6-7-8-9-10-11-12-13-14-15-19-23-35-30-28-27(33-34(30)2)29(32-25-31-28)36-24-22-26-20-17-16-18-21-26/h16-18,20-21,25H,3-15,19,22-24H2,1-2H3. The summed E-state index contributed by atoms with van der Waals surface area (Å²) in [6.07, 6.45) is 21.7. The number of ether oxygens (including phenoxy) is 1. The van der Waals surface area contributed by atoms with Crippen LogP contribution in [-0.2, 0) is 13.5 Å². The molecule has 0 saturated heterocycles. The van der Waals surface area contributed by atoms with Gasteiger partial charge in [-0.1, -0.05) is 121 Å². The molecule has 36 heavy (non-hydrogen) atoms. The molecular weight excluding hydrogens is 464 g/mol. The van der Waals surface area contributed by atoms with Crippen molar-refractivity contribution in [2.24, 2.45) is 7.05 Å². The number of unbranched alkanes of at least 4 members (excludes halogenated alkanes) is 13. The predicted octanol–water partition coefficient (Wildman–Crippen LogP) is 8.56. The van der Waals surface area contributed by atoms with Gasteiger partial charge in [-0.15, -0.1) is 11.8 Å². The average molecular weight is 511 g/mol. The monoisotopic (exact) mass is 510 g/mol. The predicted molar refractivity (Wildman–Crippen MR) is 153 cm³/mol. The van der Waals surface area contributed by atoms with Gasteiger partial charge in [0, 0.05) is 12.8 Å². The Bertz CT molecular complexity index is 976. The molecule has 198 valence electrons. The Morgan fingerprint density at radius 2 is 1.36 bits per heavy atom. The van der Waals surface area contributed by atoms with Gasteiger partial charge in [0.05, 0.1) is 6.61 Å². The molecule has 0 aliphatic heterocycles. The molecule has 6 heteroatoms. The van der Waals surface area contributed by atoms with Crippen LogP contribution in [0.15, 0.2) is 41.7 Å². The SMILES string of the molecule is CCCCCCCCCCCCCCCCOc1c2ncnc(SCCc3ccccc3)c2nn1C. The molecule has 3 aromatic rings. The molecule has 0 atom stereocenters. The van der Waals surface area contributed by atoms with Crippen molar-refractivity contribution in [2.75, 3.05) is 12.4 Å². The Morgan fingerprint density at radius 3 is 2.00 bits per heavy atom. The highest BCUT2D eigenvalue weighted by molar-refractivity contribution is 7.99. The third-order valence-corrected chi connectivity index (χ3v) is 7.72. The highest BCUT2D eigenvalue weighted by Crippen LogP contribution is 2.29. The van der Waals surface area contributed by atoms with Gasteiger partial charge < -0.3 is 4.74 Å². The number of nitrogens with zero attached hydrogens (tertiary/aromatic N) is 4. The highest BCUT2D eigenvalue weighted by Gasteiger charge is 2.16. The zero-order valence-corrected chi connectivity index (χ0v) is 23.4. The van der Waals surface area contributed by atoms with Crippen LogP contribution in [0, 0.1) is 0 Å². The fourth-order valence-electron chi connectivity index (χ4n) is 4.60. The zero-order valence-electron chi connectivity index (χ0n) is 22.6. The van der Waals surface area contributed by atoms with E-state index in [9.17, 15) is 0 Å². The van der Waals surface area contributed by atoms with Gasteiger partial charge in [0.2, 0.25) is 5.88 Å². The summed E-state index contributed by atoms with van der Waals surface area (Å²) in [6.45, 7) is 3.00. The Morgan fingerprint density at radius 1 is 0.750 bits per heavy atom. The summed E-state index contributed by atoms with van der Waals surface area (Å²) in [5.74, 6) is 1.72. The fourth-order valence-corrected chi connectivity index (χ4v) is 5.53. The summed E-state index contributed by atoms with van der Waals surface area (Å²) in [6, 6.07) is 10.6. The lowest BCUT2D eigenvalue weighted by Crippen LogP contribution is -2.02. The first-order valence-corrected chi connectivity index (χ1v) is 15.3. The van der Waals surface area contributed by atoms with Crippen molar-refractivity contribution in [3.8, 4) is 5.88 Å². The molecule has 0 bridgehead atoms. The smallest absolute Gasteiger partial charge is 0.239 e. The molecule has 2 aromatic heterocycles. The Labute approximate surface area is 222 Å². The first-order chi connectivity index (χ1) is 17.8. The molecule has 0 amide bonds. The molecule has 0 aliphatic rings. The van der Waals surface area contributed by atoms with Gasteiger partial charge in [-0.25, -0.2) is 14.6 Å². The van der Waals surface area contributed by atoms with Crippen LogP contribution in [0.25, 0.3) is 11.0 Å². The summed E-state index contributed by atoms with van der Waals surface area (Å²) >= 11 is 1.73. The van der Waals surface area contributed by atoms with Crippen molar-refractivity contribution < 1.29 is 4.74 Å². The van der Waals surface area contributed by atoms with Crippen molar-refractivity contribution in [1.82, 2.24) is 19.7 Å². The first-order valence-electron chi connectivity index (χ1n) is 14.3. The van der Waals surface area contributed by atoms with E-state index in [0.29, 0.717) is 6.61 Å². The molecule has 0 aliphatic carbocycles. The summed E-state index contributed by atoms with van der Waals surface area (Å²) in [5, 5.41) is 5.60. The topological polar surface area (TPSA) is 52.8 Å². The average Bonchev–Trinajstić information content (AvgIpc) is 3.22. The highest BCUT2D eigenvalue weighted by atomic mass is 32.2. The van der Waals surface area contributed by atoms with E-state index in [2.05, 4.69) is 52.3 Å². The maximum atomic E-state index is 6.13. The second kappa shape index (κ2) is 17.4. The quantitative estimate of drug-likeness (QED) is 0.0865. The number of hydrogen-bond donors (Lipinski definition) is 0. The van der Waals surface area contributed by atoms with Crippen LogP contribution in [0.4, 0.5) is 0 Å². The zero-order chi connectivity index (χ0) is 25.3. The van der Waals surface area contributed by atoms with Crippen LogP contribution in [-0.4, -0.2) is 32.1 Å². The molecule has 2 heterocycles. The summed E-state index contributed by atoms with van der Waals surface area (Å²) in [5.41, 5.74) is 3.00. The van der Waals surface area contributed by atoms with E-state index in [1.807, 2.05) is 11.7 Å².